The smallest absolute Gasteiger partial charge is 0.326 e. The molecule has 1 heterocycles. The standard InChI is InChI=1S/C14H16ClNO3/c1-9-5-4-6-10(12(9)15)13(17)16-8-3-2-7-11(16)14(18)19/h4-6,11H,2-3,7-8H2,1H3,(H,18,19)/t11-/m1/s1. The SMILES string of the molecule is Cc1cccc(C(=O)N2CCCC[C@@H]2C(=O)O)c1Cl. The predicted molar refractivity (Wildman–Crippen MR) is 72.5 cm³/mol. The number of hydrogen-bond acceptors (Lipinski definition) is 2. The molecular formula is C14H16ClNO3. The van der Waals surface area contributed by atoms with Crippen molar-refractivity contribution in [2.24, 2.45) is 0 Å². The van der Waals surface area contributed by atoms with Gasteiger partial charge in [0.1, 0.15) is 6.04 Å². The van der Waals surface area contributed by atoms with Crippen LogP contribution in [0.15, 0.2) is 18.2 Å². The molecule has 1 atom stereocenters. The van der Waals surface area contributed by atoms with E-state index in [0.29, 0.717) is 23.6 Å². The molecule has 0 spiro atoms. The molecule has 5 heteroatoms. The van der Waals surface area contributed by atoms with E-state index in [0.717, 1.165) is 18.4 Å². The Balaban J connectivity index is 2.31. The second kappa shape index (κ2) is 5.61. The molecule has 1 N–H and O–H groups in total. The summed E-state index contributed by atoms with van der Waals surface area (Å²) in [6, 6.07) is 4.49. The van der Waals surface area contributed by atoms with Crippen molar-refractivity contribution >= 4 is 23.5 Å². The molecule has 1 aliphatic heterocycles. The number of likely N-dealkylation sites (tertiary alicyclic amines) is 1. The Morgan fingerprint density at radius 2 is 2.11 bits per heavy atom. The van der Waals surface area contributed by atoms with Gasteiger partial charge in [0.15, 0.2) is 0 Å². The summed E-state index contributed by atoms with van der Waals surface area (Å²) >= 11 is 6.14. The number of nitrogens with zero attached hydrogens (tertiary/aromatic N) is 1. The Bertz CT molecular complexity index is 515. The van der Waals surface area contributed by atoms with Crippen LogP contribution in [-0.2, 0) is 4.79 Å². The van der Waals surface area contributed by atoms with E-state index in [1.807, 2.05) is 13.0 Å². The highest BCUT2D eigenvalue weighted by Gasteiger charge is 2.33. The maximum Gasteiger partial charge on any atom is 0.326 e. The molecule has 0 aromatic heterocycles. The van der Waals surface area contributed by atoms with E-state index in [2.05, 4.69) is 0 Å². The molecule has 1 aliphatic rings. The molecular weight excluding hydrogens is 266 g/mol. The van der Waals surface area contributed by atoms with Crippen LogP contribution < -0.4 is 0 Å². The molecule has 19 heavy (non-hydrogen) atoms. The average molecular weight is 282 g/mol. The van der Waals surface area contributed by atoms with Gasteiger partial charge in [-0.25, -0.2) is 4.79 Å². The van der Waals surface area contributed by atoms with Crippen LogP contribution in [0.3, 0.4) is 0 Å². The second-order valence-electron chi connectivity index (χ2n) is 4.78. The highest BCUT2D eigenvalue weighted by molar-refractivity contribution is 6.34. The van der Waals surface area contributed by atoms with Gasteiger partial charge in [-0.2, -0.15) is 0 Å². The Labute approximate surface area is 117 Å². The monoisotopic (exact) mass is 281 g/mol. The molecule has 102 valence electrons. The van der Waals surface area contributed by atoms with Crippen LogP contribution in [-0.4, -0.2) is 34.5 Å². The number of carbonyl (C=O) groups excluding carboxylic acids is 1. The lowest BCUT2D eigenvalue weighted by molar-refractivity contribution is -0.143. The van der Waals surface area contributed by atoms with Crippen molar-refractivity contribution in [3.8, 4) is 0 Å². The Morgan fingerprint density at radius 3 is 2.79 bits per heavy atom. The van der Waals surface area contributed by atoms with Crippen LogP contribution in [0.2, 0.25) is 5.02 Å². The van der Waals surface area contributed by atoms with Crippen molar-refractivity contribution in [3.63, 3.8) is 0 Å². The van der Waals surface area contributed by atoms with Gasteiger partial charge in [0, 0.05) is 6.54 Å². The summed E-state index contributed by atoms with van der Waals surface area (Å²) in [4.78, 5) is 25.1. The van der Waals surface area contributed by atoms with Gasteiger partial charge in [-0.3, -0.25) is 4.79 Å². The van der Waals surface area contributed by atoms with Crippen LogP contribution in [0, 0.1) is 6.92 Å². The molecule has 2 rings (SSSR count). The average Bonchev–Trinajstić information content (AvgIpc) is 2.41. The summed E-state index contributed by atoms with van der Waals surface area (Å²) in [6.45, 7) is 2.30. The van der Waals surface area contributed by atoms with E-state index in [9.17, 15) is 14.7 Å². The maximum absolute atomic E-state index is 12.5. The van der Waals surface area contributed by atoms with Gasteiger partial charge in [-0.1, -0.05) is 23.7 Å². The van der Waals surface area contributed by atoms with Crippen molar-refractivity contribution in [1.29, 1.82) is 0 Å². The van der Waals surface area contributed by atoms with E-state index >= 15 is 0 Å². The zero-order chi connectivity index (χ0) is 14.0. The Morgan fingerprint density at radius 1 is 1.37 bits per heavy atom. The molecule has 4 nitrogen and oxygen atoms in total. The maximum atomic E-state index is 12.5. The minimum Gasteiger partial charge on any atom is -0.480 e. The fourth-order valence-electron chi connectivity index (χ4n) is 2.40. The number of carbonyl (C=O) groups is 2. The number of piperidine rings is 1. The number of carboxylic acids is 1. The topological polar surface area (TPSA) is 57.6 Å². The third-order valence-corrected chi connectivity index (χ3v) is 3.97. The number of carboxylic acid groups (broad SMARTS) is 1. The van der Waals surface area contributed by atoms with E-state index in [1.165, 1.54) is 4.90 Å². The van der Waals surface area contributed by atoms with Crippen LogP contribution in [0.4, 0.5) is 0 Å². The number of halogens is 1. The first-order valence-corrected chi connectivity index (χ1v) is 6.69. The zero-order valence-electron chi connectivity index (χ0n) is 10.7. The van der Waals surface area contributed by atoms with Gasteiger partial charge in [0.25, 0.3) is 5.91 Å². The minimum absolute atomic E-state index is 0.291. The largest absolute Gasteiger partial charge is 0.480 e. The number of aliphatic carboxylic acids is 1. The highest BCUT2D eigenvalue weighted by Crippen LogP contribution is 2.25. The van der Waals surface area contributed by atoms with Crippen LogP contribution in [0.1, 0.15) is 35.2 Å². The van der Waals surface area contributed by atoms with Crippen molar-refractivity contribution in [2.45, 2.75) is 32.2 Å². The lowest BCUT2D eigenvalue weighted by atomic mass is 10.0. The molecule has 0 bridgehead atoms. The first kappa shape index (κ1) is 13.9. The molecule has 1 fully saturated rings. The van der Waals surface area contributed by atoms with Crippen molar-refractivity contribution in [2.75, 3.05) is 6.54 Å². The third-order valence-electron chi connectivity index (χ3n) is 3.47. The molecule has 0 radical (unpaired) electrons. The minimum atomic E-state index is -0.947. The number of amides is 1. The van der Waals surface area contributed by atoms with Crippen molar-refractivity contribution < 1.29 is 14.7 Å². The molecule has 1 aromatic rings. The Hall–Kier alpha value is -1.55. The quantitative estimate of drug-likeness (QED) is 0.907. The lowest BCUT2D eigenvalue weighted by Crippen LogP contribution is -2.48. The second-order valence-corrected chi connectivity index (χ2v) is 5.16. The molecule has 1 amide bonds. The fraction of sp³-hybridized carbons (Fsp3) is 0.429. The molecule has 0 aliphatic carbocycles. The van der Waals surface area contributed by atoms with Crippen molar-refractivity contribution in [3.05, 3.63) is 34.3 Å². The number of aryl methyl sites for hydroxylation is 1. The van der Waals surface area contributed by atoms with Gasteiger partial charge in [0.2, 0.25) is 0 Å². The summed E-state index contributed by atoms with van der Waals surface area (Å²) < 4.78 is 0. The van der Waals surface area contributed by atoms with E-state index in [4.69, 9.17) is 11.6 Å². The summed E-state index contributed by atoms with van der Waals surface area (Å²) in [5, 5.41) is 9.61. The van der Waals surface area contributed by atoms with Gasteiger partial charge < -0.3 is 10.0 Å². The zero-order valence-corrected chi connectivity index (χ0v) is 11.5. The van der Waals surface area contributed by atoms with Gasteiger partial charge >= 0.3 is 5.97 Å². The van der Waals surface area contributed by atoms with Crippen LogP contribution in [0.5, 0.6) is 0 Å². The Kier molecular flexibility index (Phi) is 4.10. The van der Waals surface area contributed by atoms with Crippen LogP contribution >= 0.6 is 11.6 Å². The van der Waals surface area contributed by atoms with E-state index < -0.39 is 12.0 Å². The number of hydrogen-bond donors (Lipinski definition) is 1. The third kappa shape index (κ3) is 2.73. The predicted octanol–water partition coefficient (Wildman–Crippen LogP) is 2.73. The normalized spacial score (nSPS) is 19.3. The lowest BCUT2D eigenvalue weighted by Gasteiger charge is -2.33. The summed E-state index contributed by atoms with van der Waals surface area (Å²) in [5.41, 5.74) is 1.20. The fourth-order valence-corrected chi connectivity index (χ4v) is 2.61. The number of rotatable bonds is 2. The summed E-state index contributed by atoms with van der Waals surface area (Å²) in [6.07, 6.45) is 2.17. The van der Waals surface area contributed by atoms with E-state index in [1.54, 1.807) is 12.1 Å². The molecule has 1 aromatic carbocycles. The molecule has 0 saturated carbocycles. The highest BCUT2D eigenvalue weighted by atomic mass is 35.5. The summed E-state index contributed by atoms with van der Waals surface area (Å²) in [5.74, 6) is -1.24. The molecule has 1 saturated heterocycles. The van der Waals surface area contributed by atoms with E-state index in [-0.39, 0.29) is 5.91 Å². The van der Waals surface area contributed by atoms with Gasteiger partial charge in [0.05, 0.1) is 10.6 Å². The van der Waals surface area contributed by atoms with Gasteiger partial charge in [-0.15, -0.1) is 0 Å². The first-order valence-electron chi connectivity index (χ1n) is 6.31. The molecule has 0 unspecified atom stereocenters. The van der Waals surface area contributed by atoms with Crippen molar-refractivity contribution in [1.82, 2.24) is 4.90 Å². The number of benzene rings is 1. The van der Waals surface area contributed by atoms with Crippen LogP contribution in [0.25, 0.3) is 0 Å². The summed E-state index contributed by atoms with van der Waals surface area (Å²) in [7, 11) is 0. The van der Waals surface area contributed by atoms with Gasteiger partial charge in [-0.05, 0) is 37.8 Å². The first-order chi connectivity index (χ1) is 9.02.